The maximum absolute atomic E-state index is 12.6. The van der Waals surface area contributed by atoms with Crippen LogP contribution in [0.2, 0.25) is 0 Å². The molecule has 1 aromatic heterocycles. The van der Waals surface area contributed by atoms with Gasteiger partial charge in [-0.1, -0.05) is 18.7 Å². The zero-order chi connectivity index (χ0) is 18.1. The van der Waals surface area contributed by atoms with Crippen LogP contribution in [0.3, 0.4) is 0 Å². The van der Waals surface area contributed by atoms with Gasteiger partial charge in [0.05, 0.1) is 17.1 Å². The number of amides is 1. The van der Waals surface area contributed by atoms with Gasteiger partial charge in [0.2, 0.25) is 11.9 Å². The van der Waals surface area contributed by atoms with Crippen LogP contribution in [0.4, 0.5) is 5.95 Å². The van der Waals surface area contributed by atoms with Crippen molar-refractivity contribution >= 4 is 29.0 Å². The van der Waals surface area contributed by atoms with E-state index in [0.717, 1.165) is 67.6 Å². The molecule has 1 saturated heterocycles. The van der Waals surface area contributed by atoms with Gasteiger partial charge < -0.3 is 9.30 Å². The Labute approximate surface area is 154 Å². The van der Waals surface area contributed by atoms with Crippen molar-refractivity contribution in [2.75, 3.05) is 18.6 Å². The SMILES string of the molecule is C=Cc1ccc2c(c1)nc(N1CCCCC1=O)n2C1CCC(OC)CC1. The fraction of sp³-hybridized carbons (Fsp3) is 0.524. The van der Waals surface area contributed by atoms with E-state index in [1.807, 2.05) is 11.0 Å². The highest BCUT2D eigenvalue weighted by Crippen LogP contribution is 2.37. The van der Waals surface area contributed by atoms with Crippen LogP contribution in [-0.4, -0.2) is 35.2 Å². The highest BCUT2D eigenvalue weighted by atomic mass is 16.5. The Bertz CT molecular complexity index is 818. The lowest BCUT2D eigenvalue weighted by molar-refractivity contribution is -0.119. The third kappa shape index (κ3) is 3.05. The number of ether oxygens (including phenoxy) is 1. The van der Waals surface area contributed by atoms with Crippen LogP contribution in [0.1, 0.15) is 56.6 Å². The van der Waals surface area contributed by atoms with Gasteiger partial charge in [0.1, 0.15) is 0 Å². The van der Waals surface area contributed by atoms with Crippen molar-refractivity contribution in [1.82, 2.24) is 9.55 Å². The molecule has 1 amide bonds. The minimum atomic E-state index is 0.197. The summed E-state index contributed by atoms with van der Waals surface area (Å²) in [5, 5.41) is 0. The first kappa shape index (κ1) is 17.3. The Morgan fingerprint density at radius 1 is 1.23 bits per heavy atom. The number of imidazole rings is 1. The van der Waals surface area contributed by atoms with Crippen LogP contribution in [0.15, 0.2) is 24.8 Å². The van der Waals surface area contributed by atoms with Crippen LogP contribution in [-0.2, 0) is 9.53 Å². The molecule has 1 aliphatic carbocycles. The van der Waals surface area contributed by atoms with Crippen molar-refractivity contribution in [3.63, 3.8) is 0 Å². The average Bonchev–Trinajstić information content (AvgIpc) is 3.06. The number of hydrogen-bond acceptors (Lipinski definition) is 3. The summed E-state index contributed by atoms with van der Waals surface area (Å²) in [6, 6.07) is 6.64. The van der Waals surface area contributed by atoms with E-state index in [1.54, 1.807) is 7.11 Å². The number of rotatable bonds is 4. The monoisotopic (exact) mass is 353 g/mol. The van der Waals surface area contributed by atoms with E-state index in [4.69, 9.17) is 9.72 Å². The molecule has 1 saturated carbocycles. The van der Waals surface area contributed by atoms with E-state index >= 15 is 0 Å². The summed E-state index contributed by atoms with van der Waals surface area (Å²) >= 11 is 0. The first-order chi connectivity index (χ1) is 12.7. The van der Waals surface area contributed by atoms with Crippen LogP contribution >= 0.6 is 0 Å². The molecule has 26 heavy (non-hydrogen) atoms. The second-order valence-corrected chi connectivity index (χ2v) is 7.40. The zero-order valence-corrected chi connectivity index (χ0v) is 15.5. The third-order valence-corrected chi connectivity index (χ3v) is 5.84. The number of piperidine rings is 1. The summed E-state index contributed by atoms with van der Waals surface area (Å²) in [5.74, 6) is 1.02. The molecule has 2 fully saturated rings. The van der Waals surface area contributed by atoms with E-state index < -0.39 is 0 Å². The molecule has 2 aliphatic rings. The molecule has 138 valence electrons. The van der Waals surface area contributed by atoms with E-state index in [-0.39, 0.29) is 5.91 Å². The summed E-state index contributed by atoms with van der Waals surface area (Å²) in [5.41, 5.74) is 3.12. The van der Waals surface area contributed by atoms with Gasteiger partial charge in [-0.15, -0.1) is 0 Å². The molecule has 2 heterocycles. The molecular formula is C21H27N3O2. The lowest BCUT2D eigenvalue weighted by Gasteiger charge is -2.33. The van der Waals surface area contributed by atoms with Crippen LogP contribution in [0.5, 0.6) is 0 Å². The summed E-state index contributed by atoms with van der Waals surface area (Å²) in [7, 11) is 1.80. The van der Waals surface area contributed by atoms with Crippen molar-refractivity contribution in [3.8, 4) is 0 Å². The molecule has 0 atom stereocenters. The fourth-order valence-corrected chi connectivity index (χ4v) is 4.34. The van der Waals surface area contributed by atoms with E-state index in [0.29, 0.717) is 18.6 Å². The Morgan fingerprint density at radius 2 is 2.04 bits per heavy atom. The number of carbonyl (C=O) groups is 1. The number of hydrogen-bond donors (Lipinski definition) is 0. The quantitative estimate of drug-likeness (QED) is 0.822. The van der Waals surface area contributed by atoms with Crippen molar-refractivity contribution in [2.24, 2.45) is 0 Å². The van der Waals surface area contributed by atoms with Crippen LogP contribution in [0, 0.1) is 0 Å². The normalized spacial score (nSPS) is 24.2. The van der Waals surface area contributed by atoms with Crippen molar-refractivity contribution in [1.29, 1.82) is 0 Å². The number of methoxy groups -OCH3 is 1. The predicted octanol–water partition coefficient (Wildman–Crippen LogP) is 4.33. The molecule has 1 aliphatic heterocycles. The number of fused-ring (bicyclic) bond motifs is 1. The molecule has 0 radical (unpaired) electrons. The molecule has 0 spiro atoms. The number of benzene rings is 1. The largest absolute Gasteiger partial charge is 0.381 e. The molecule has 5 nitrogen and oxygen atoms in total. The average molecular weight is 353 g/mol. The molecule has 2 aromatic rings. The van der Waals surface area contributed by atoms with E-state index in [1.165, 1.54) is 0 Å². The number of anilines is 1. The number of carbonyl (C=O) groups excluding carboxylic acids is 1. The highest BCUT2D eigenvalue weighted by Gasteiger charge is 2.30. The van der Waals surface area contributed by atoms with Gasteiger partial charge in [0.15, 0.2) is 0 Å². The van der Waals surface area contributed by atoms with Crippen molar-refractivity contribution in [2.45, 2.75) is 57.1 Å². The Hall–Kier alpha value is -2.14. The van der Waals surface area contributed by atoms with Crippen LogP contribution < -0.4 is 4.90 Å². The predicted molar refractivity (Wildman–Crippen MR) is 104 cm³/mol. The van der Waals surface area contributed by atoms with Crippen LogP contribution in [0.25, 0.3) is 17.1 Å². The highest BCUT2D eigenvalue weighted by molar-refractivity contribution is 5.94. The van der Waals surface area contributed by atoms with Gasteiger partial charge in [-0.05, 0) is 56.2 Å². The smallest absolute Gasteiger partial charge is 0.229 e. The minimum absolute atomic E-state index is 0.197. The maximum atomic E-state index is 12.6. The van der Waals surface area contributed by atoms with Gasteiger partial charge in [-0.3, -0.25) is 9.69 Å². The molecule has 0 N–H and O–H groups in total. The summed E-state index contributed by atoms with van der Waals surface area (Å²) in [6.45, 7) is 4.63. The van der Waals surface area contributed by atoms with Gasteiger partial charge in [0.25, 0.3) is 0 Å². The first-order valence-electron chi connectivity index (χ1n) is 9.69. The molecule has 5 heteroatoms. The first-order valence-corrected chi connectivity index (χ1v) is 9.69. The Balaban J connectivity index is 1.78. The molecule has 0 bridgehead atoms. The summed E-state index contributed by atoms with van der Waals surface area (Å²) in [6.07, 6.45) is 9.07. The second kappa shape index (κ2) is 7.23. The summed E-state index contributed by atoms with van der Waals surface area (Å²) < 4.78 is 7.85. The second-order valence-electron chi connectivity index (χ2n) is 7.40. The topological polar surface area (TPSA) is 47.4 Å². The van der Waals surface area contributed by atoms with E-state index in [2.05, 4.69) is 29.3 Å². The molecule has 1 aromatic carbocycles. The molecule has 4 rings (SSSR count). The number of aromatic nitrogens is 2. The lowest BCUT2D eigenvalue weighted by Crippen LogP contribution is -2.38. The molecular weight excluding hydrogens is 326 g/mol. The van der Waals surface area contributed by atoms with Gasteiger partial charge in [-0.2, -0.15) is 0 Å². The minimum Gasteiger partial charge on any atom is -0.381 e. The molecule has 0 unspecified atom stereocenters. The van der Waals surface area contributed by atoms with Gasteiger partial charge in [-0.25, -0.2) is 4.98 Å². The maximum Gasteiger partial charge on any atom is 0.229 e. The van der Waals surface area contributed by atoms with Gasteiger partial charge >= 0.3 is 0 Å². The Morgan fingerprint density at radius 3 is 2.73 bits per heavy atom. The standard InChI is InChI=1S/C21H27N3O2/c1-3-15-7-12-19-18(14-15)22-21(23-13-5-4-6-20(23)25)24(19)16-8-10-17(26-2)11-9-16/h3,7,12,14,16-17H,1,4-6,8-11,13H2,2H3. The summed E-state index contributed by atoms with van der Waals surface area (Å²) in [4.78, 5) is 19.4. The van der Waals surface area contributed by atoms with Crippen molar-refractivity contribution in [3.05, 3.63) is 30.3 Å². The van der Waals surface area contributed by atoms with E-state index in [9.17, 15) is 4.79 Å². The number of nitrogens with zero attached hydrogens (tertiary/aromatic N) is 3. The fourth-order valence-electron chi connectivity index (χ4n) is 4.34. The lowest BCUT2D eigenvalue weighted by atomic mass is 9.92. The zero-order valence-electron chi connectivity index (χ0n) is 15.5. The third-order valence-electron chi connectivity index (χ3n) is 5.84. The van der Waals surface area contributed by atoms with Crippen molar-refractivity contribution < 1.29 is 9.53 Å². The van der Waals surface area contributed by atoms with Gasteiger partial charge in [0, 0.05) is 26.1 Å². The Kier molecular flexibility index (Phi) is 4.81.